The maximum absolute atomic E-state index is 5.66. The lowest BCUT2D eigenvalue weighted by molar-refractivity contribution is 0.301. The molecule has 0 aliphatic heterocycles. The van der Waals surface area contributed by atoms with Gasteiger partial charge in [0, 0.05) is 6.54 Å². The van der Waals surface area contributed by atoms with Crippen LogP contribution in [0.15, 0.2) is 18.2 Å². The number of imidazole rings is 1. The maximum atomic E-state index is 5.66. The standard InChI is InChI=1S/C15H24N4/c1-11-6-7-14-13(10-11)17-15(12(2)18(3)4)19(14)9-5-8-16/h6-7,10,12H,5,8-9,16H2,1-4H3. The highest BCUT2D eigenvalue weighted by molar-refractivity contribution is 5.77. The molecule has 0 saturated heterocycles. The topological polar surface area (TPSA) is 47.1 Å². The van der Waals surface area contributed by atoms with Crippen LogP contribution in [-0.4, -0.2) is 35.1 Å². The van der Waals surface area contributed by atoms with E-state index >= 15 is 0 Å². The molecule has 4 nitrogen and oxygen atoms in total. The second-order valence-corrected chi connectivity index (χ2v) is 5.40. The van der Waals surface area contributed by atoms with E-state index in [-0.39, 0.29) is 0 Å². The van der Waals surface area contributed by atoms with Crippen LogP contribution in [0.3, 0.4) is 0 Å². The molecule has 0 bridgehead atoms. The summed E-state index contributed by atoms with van der Waals surface area (Å²) in [4.78, 5) is 7.02. The molecule has 0 saturated carbocycles. The van der Waals surface area contributed by atoms with Crippen molar-refractivity contribution >= 4 is 11.0 Å². The van der Waals surface area contributed by atoms with Gasteiger partial charge in [-0.2, -0.15) is 0 Å². The number of nitrogens with two attached hydrogens (primary N) is 1. The van der Waals surface area contributed by atoms with Crippen LogP contribution < -0.4 is 5.73 Å². The minimum absolute atomic E-state index is 0.297. The second kappa shape index (κ2) is 5.72. The summed E-state index contributed by atoms with van der Waals surface area (Å²) in [5.74, 6) is 1.12. The summed E-state index contributed by atoms with van der Waals surface area (Å²) in [5, 5.41) is 0. The minimum Gasteiger partial charge on any atom is -0.330 e. The molecule has 4 heteroatoms. The van der Waals surface area contributed by atoms with Crippen molar-refractivity contribution in [3.05, 3.63) is 29.6 Å². The van der Waals surface area contributed by atoms with Crippen molar-refractivity contribution < 1.29 is 0 Å². The van der Waals surface area contributed by atoms with Gasteiger partial charge in [-0.15, -0.1) is 0 Å². The van der Waals surface area contributed by atoms with E-state index in [2.05, 4.69) is 55.6 Å². The van der Waals surface area contributed by atoms with Crippen molar-refractivity contribution in [3.8, 4) is 0 Å². The Labute approximate surface area is 115 Å². The Hall–Kier alpha value is -1.39. The normalized spacial score (nSPS) is 13.4. The van der Waals surface area contributed by atoms with E-state index in [0.717, 1.165) is 24.3 Å². The number of benzene rings is 1. The lowest BCUT2D eigenvalue weighted by Gasteiger charge is -2.20. The largest absolute Gasteiger partial charge is 0.330 e. The first kappa shape index (κ1) is 14.0. The van der Waals surface area contributed by atoms with Crippen molar-refractivity contribution in [2.75, 3.05) is 20.6 Å². The summed E-state index contributed by atoms with van der Waals surface area (Å²) in [6.45, 7) is 5.94. The smallest absolute Gasteiger partial charge is 0.126 e. The van der Waals surface area contributed by atoms with Crippen molar-refractivity contribution in [1.82, 2.24) is 14.5 Å². The molecule has 1 unspecified atom stereocenters. The lowest BCUT2D eigenvalue weighted by Crippen LogP contribution is -2.21. The molecular formula is C15H24N4. The van der Waals surface area contributed by atoms with Crippen LogP contribution in [0.1, 0.15) is 30.8 Å². The molecule has 0 fully saturated rings. The molecular weight excluding hydrogens is 236 g/mol. The monoisotopic (exact) mass is 260 g/mol. The van der Waals surface area contributed by atoms with Gasteiger partial charge in [0.05, 0.1) is 17.1 Å². The maximum Gasteiger partial charge on any atom is 0.126 e. The van der Waals surface area contributed by atoms with Gasteiger partial charge in [-0.3, -0.25) is 4.90 Å². The van der Waals surface area contributed by atoms with Crippen LogP contribution in [-0.2, 0) is 6.54 Å². The van der Waals surface area contributed by atoms with Gasteiger partial charge in [0.2, 0.25) is 0 Å². The summed E-state index contributed by atoms with van der Waals surface area (Å²) in [6.07, 6.45) is 0.979. The SMILES string of the molecule is Cc1ccc2c(c1)nc(C(C)N(C)C)n2CCCN. The Morgan fingerprint density at radius 1 is 1.37 bits per heavy atom. The van der Waals surface area contributed by atoms with Crippen molar-refractivity contribution in [2.45, 2.75) is 32.9 Å². The molecule has 0 aliphatic rings. The van der Waals surface area contributed by atoms with Crippen LogP contribution in [0.25, 0.3) is 11.0 Å². The van der Waals surface area contributed by atoms with Crippen LogP contribution >= 0.6 is 0 Å². The van der Waals surface area contributed by atoms with Crippen molar-refractivity contribution in [3.63, 3.8) is 0 Å². The molecule has 0 amide bonds. The Morgan fingerprint density at radius 3 is 2.74 bits per heavy atom. The molecule has 1 aromatic carbocycles. The minimum atomic E-state index is 0.297. The van der Waals surface area contributed by atoms with Gasteiger partial charge < -0.3 is 10.3 Å². The molecule has 1 atom stereocenters. The fraction of sp³-hybridized carbons (Fsp3) is 0.533. The second-order valence-electron chi connectivity index (χ2n) is 5.40. The van der Waals surface area contributed by atoms with Gasteiger partial charge in [0.15, 0.2) is 0 Å². The molecule has 19 heavy (non-hydrogen) atoms. The fourth-order valence-corrected chi connectivity index (χ4v) is 2.29. The number of fused-ring (bicyclic) bond motifs is 1. The Morgan fingerprint density at radius 2 is 2.11 bits per heavy atom. The first-order valence-electron chi connectivity index (χ1n) is 6.88. The van der Waals surface area contributed by atoms with Gasteiger partial charge >= 0.3 is 0 Å². The highest BCUT2D eigenvalue weighted by Gasteiger charge is 2.17. The number of hydrogen-bond donors (Lipinski definition) is 1. The first-order chi connectivity index (χ1) is 9.04. The van der Waals surface area contributed by atoms with E-state index in [1.165, 1.54) is 11.1 Å². The van der Waals surface area contributed by atoms with Crippen molar-refractivity contribution in [2.24, 2.45) is 5.73 Å². The highest BCUT2D eigenvalue weighted by Crippen LogP contribution is 2.24. The number of aromatic nitrogens is 2. The predicted octanol–water partition coefficient (Wildman–Crippen LogP) is 2.32. The van der Waals surface area contributed by atoms with Gasteiger partial charge in [-0.1, -0.05) is 6.07 Å². The predicted molar refractivity (Wildman–Crippen MR) is 80.2 cm³/mol. The van der Waals surface area contributed by atoms with E-state index in [0.29, 0.717) is 12.6 Å². The number of hydrogen-bond acceptors (Lipinski definition) is 3. The molecule has 1 heterocycles. The average molecular weight is 260 g/mol. The van der Waals surface area contributed by atoms with Crippen LogP contribution in [0.5, 0.6) is 0 Å². The molecule has 0 radical (unpaired) electrons. The first-order valence-corrected chi connectivity index (χ1v) is 6.88. The summed E-state index contributed by atoms with van der Waals surface area (Å²) in [7, 11) is 4.17. The van der Waals surface area contributed by atoms with Crippen LogP contribution in [0.2, 0.25) is 0 Å². The summed E-state index contributed by atoms with van der Waals surface area (Å²) in [6, 6.07) is 6.76. The third-order valence-corrected chi connectivity index (χ3v) is 3.67. The van der Waals surface area contributed by atoms with Gasteiger partial charge in [-0.05, 0) is 58.6 Å². The Bertz CT molecular complexity index is 557. The molecule has 104 valence electrons. The van der Waals surface area contributed by atoms with Gasteiger partial charge in [-0.25, -0.2) is 4.98 Å². The van der Waals surface area contributed by atoms with E-state index in [4.69, 9.17) is 10.7 Å². The van der Waals surface area contributed by atoms with E-state index in [9.17, 15) is 0 Å². The van der Waals surface area contributed by atoms with Crippen LogP contribution in [0.4, 0.5) is 0 Å². The number of nitrogens with zero attached hydrogens (tertiary/aromatic N) is 3. The zero-order valence-electron chi connectivity index (χ0n) is 12.3. The summed E-state index contributed by atoms with van der Waals surface area (Å²) < 4.78 is 2.31. The molecule has 0 spiro atoms. The van der Waals surface area contributed by atoms with E-state index in [1.807, 2.05) is 0 Å². The summed E-state index contributed by atoms with van der Waals surface area (Å²) >= 11 is 0. The number of aryl methyl sites for hydroxylation is 2. The Balaban J connectivity index is 2.53. The summed E-state index contributed by atoms with van der Waals surface area (Å²) in [5.41, 5.74) is 9.20. The van der Waals surface area contributed by atoms with E-state index < -0.39 is 0 Å². The molecule has 0 aliphatic carbocycles. The quantitative estimate of drug-likeness (QED) is 0.897. The molecule has 2 rings (SSSR count). The highest BCUT2D eigenvalue weighted by atomic mass is 15.2. The molecule has 2 aromatic rings. The third-order valence-electron chi connectivity index (χ3n) is 3.67. The lowest BCUT2D eigenvalue weighted by atomic mass is 10.2. The van der Waals surface area contributed by atoms with Gasteiger partial charge in [0.1, 0.15) is 5.82 Å². The van der Waals surface area contributed by atoms with Gasteiger partial charge in [0.25, 0.3) is 0 Å². The van der Waals surface area contributed by atoms with Crippen molar-refractivity contribution in [1.29, 1.82) is 0 Å². The zero-order valence-corrected chi connectivity index (χ0v) is 12.3. The third kappa shape index (κ3) is 2.80. The zero-order chi connectivity index (χ0) is 14.0. The fourth-order valence-electron chi connectivity index (χ4n) is 2.29. The Kier molecular flexibility index (Phi) is 4.22. The average Bonchev–Trinajstić information content (AvgIpc) is 2.72. The van der Waals surface area contributed by atoms with E-state index in [1.54, 1.807) is 0 Å². The number of rotatable bonds is 5. The molecule has 1 aromatic heterocycles. The van der Waals surface area contributed by atoms with Crippen LogP contribution in [0, 0.1) is 6.92 Å². The molecule has 2 N–H and O–H groups in total.